The second kappa shape index (κ2) is 5.05. The van der Waals surface area contributed by atoms with Gasteiger partial charge >= 0.3 is 0 Å². The number of halogens is 2. The van der Waals surface area contributed by atoms with Gasteiger partial charge in [-0.2, -0.15) is 5.26 Å². The van der Waals surface area contributed by atoms with Gasteiger partial charge in [0.2, 0.25) is 0 Å². The van der Waals surface area contributed by atoms with Gasteiger partial charge in [0.1, 0.15) is 5.01 Å². The molecule has 2 rings (SSSR count). The molecule has 0 radical (unpaired) electrons. The molecule has 1 heterocycles. The predicted molar refractivity (Wildman–Crippen MR) is 71.6 cm³/mol. The minimum Gasteiger partial charge on any atom is -0.241 e. The molecule has 17 heavy (non-hydrogen) atoms. The van der Waals surface area contributed by atoms with Crippen LogP contribution in [0.3, 0.4) is 0 Å². The third-order valence-corrected chi connectivity index (χ3v) is 4.11. The first kappa shape index (κ1) is 12.4. The van der Waals surface area contributed by atoms with Gasteiger partial charge in [0.15, 0.2) is 0 Å². The maximum absolute atomic E-state index is 8.71. The van der Waals surface area contributed by atoms with Crippen LogP contribution in [-0.2, 0) is 6.42 Å². The number of nitrogens with zero attached hydrogens (tertiary/aromatic N) is 2. The van der Waals surface area contributed by atoms with Gasteiger partial charge < -0.3 is 0 Å². The molecule has 0 amide bonds. The first-order chi connectivity index (χ1) is 8.13. The second-order valence-electron chi connectivity index (χ2n) is 3.46. The molecule has 0 saturated heterocycles. The monoisotopic (exact) mass is 282 g/mol. The Bertz CT molecular complexity index is 579. The summed E-state index contributed by atoms with van der Waals surface area (Å²) in [6.45, 7) is 1.89. The average Bonchev–Trinajstić information content (AvgIpc) is 2.60. The van der Waals surface area contributed by atoms with E-state index >= 15 is 0 Å². The lowest BCUT2D eigenvalue weighted by molar-refractivity contribution is 1.18. The summed E-state index contributed by atoms with van der Waals surface area (Å²) in [5.41, 5.74) is 1.61. The fourth-order valence-electron chi connectivity index (χ4n) is 1.47. The Labute approximate surface area is 113 Å². The number of benzene rings is 1. The molecule has 2 aromatic rings. The van der Waals surface area contributed by atoms with Crippen LogP contribution in [-0.4, -0.2) is 4.98 Å². The minimum absolute atomic E-state index is 0.367. The highest BCUT2D eigenvalue weighted by atomic mass is 35.5. The Kier molecular flexibility index (Phi) is 3.68. The van der Waals surface area contributed by atoms with Crippen molar-refractivity contribution in [3.63, 3.8) is 0 Å². The van der Waals surface area contributed by atoms with Gasteiger partial charge in [-0.3, -0.25) is 0 Å². The normalized spacial score (nSPS) is 10.2. The molecule has 0 spiro atoms. The van der Waals surface area contributed by atoms with E-state index in [9.17, 15) is 0 Å². The van der Waals surface area contributed by atoms with Crippen LogP contribution in [0.15, 0.2) is 18.2 Å². The number of aryl methyl sites for hydroxylation is 1. The van der Waals surface area contributed by atoms with Crippen molar-refractivity contribution in [2.45, 2.75) is 13.3 Å². The Balaban J connectivity index is 2.54. The van der Waals surface area contributed by atoms with Crippen molar-refractivity contribution in [2.24, 2.45) is 0 Å². The van der Waals surface area contributed by atoms with Gasteiger partial charge in [0.05, 0.1) is 28.2 Å². The highest BCUT2D eigenvalue weighted by Crippen LogP contribution is 2.37. The molecule has 0 aliphatic rings. The number of hydrogen-bond donors (Lipinski definition) is 0. The lowest BCUT2D eigenvalue weighted by atomic mass is 10.2. The second-order valence-corrected chi connectivity index (χ2v) is 5.36. The van der Waals surface area contributed by atoms with Crippen molar-refractivity contribution >= 4 is 34.5 Å². The van der Waals surface area contributed by atoms with Crippen LogP contribution in [0.2, 0.25) is 10.0 Å². The average molecular weight is 283 g/mol. The van der Waals surface area contributed by atoms with Crippen LogP contribution in [0.25, 0.3) is 10.6 Å². The highest BCUT2D eigenvalue weighted by Gasteiger charge is 2.14. The largest absolute Gasteiger partial charge is 0.241 e. The summed E-state index contributed by atoms with van der Waals surface area (Å²) in [6, 6.07) is 7.48. The van der Waals surface area contributed by atoms with E-state index in [2.05, 4.69) is 11.1 Å². The topological polar surface area (TPSA) is 36.7 Å². The third-order valence-electron chi connectivity index (χ3n) is 2.31. The molecular weight excluding hydrogens is 275 g/mol. The summed E-state index contributed by atoms with van der Waals surface area (Å²) in [5.74, 6) is 0. The van der Waals surface area contributed by atoms with Crippen LogP contribution in [0.4, 0.5) is 0 Å². The number of nitriles is 1. The van der Waals surface area contributed by atoms with Gasteiger partial charge in [-0.25, -0.2) is 4.98 Å². The van der Waals surface area contributed by atoms with Crippen LogP contribution in [0, 0.1) is 18.3 Å². The number of hydrogen-bond acceptors (Lipinski definition) is 3. The molecule has 0 N–H and O–H groups in total. The molecule has 0 atom stereocenters. The van der Waals surface area contributed by atoms with E-state index in [0.29, 0.717) is 16.5 Å². The van der Waals surface area contributed by atoms with E-state index in [-0.39, 0.29) is 0 Å². The lowest BCUT2D eigenvalue weighted by Gasteiger charge is -2.02. The number of thiazole rings is 1. The van der Waals surface area contributed by atoms with Crippen LogP contribution < -0.4 is 0 Å². The molecule has 0 saturated carbocycles. The molecule has 0 bridgehead atoms. The highest BCUT2D eigenvalue weighted by molar-refractivity contribution is 7.15. The summed E-state index contributed by atoms with van der Waals surface area (Å²) >= 11 is 13.7. The summed E-state index contributed by atoms with van der Waals surface area (Å²) in [4.78, 5) is 5.38. The molecule has 5 heteroatoms. The van der Waals surface area contributed by atoms with Crippen molar-refractivity contribution in [3.8, 4) is 16.6 Å². The minimum atomic E-state index is 0.367. The van der Waals surface area contributed by atoms with E-state index in [1.807, 2.05) is 6.92 Å². The van der Waals surface area contributed by atoms with E-state index < -0.39 is 0 Å². The Morgan fingerprint density at radius 1 is 1.35 bits per heavy atom. The molecule has 0 aliphatic carbocycles. The zero-order valence-corrected chi connectivity index (χ0v) is 11.3. The van der Waals surface area contributed by atoms with Gasteiger partial charge in [0, 0.05) is 10.4 Å². The van der Waals surface area contributed by atoms with E-state index in [1.165, 1.54) is 11.3 Å². The lowest BCUT2D eigenvalue weighted by Crippen LogP contribution is -1.81. The molecule has 1 aromatic heterocycles. The quantitative estimate of drug-likeness (QED) is 0.814. The van der Waals surface area contributed by atoms with Crippen molar-refractivity contribution in [3.05, 3.63) is 38.8 Å². The van der Waals surface area contributed by atoms with E-state index in [4.69, 9.17) is 28.5 Å². The van der Waals surface area contributed by atoms with Crippen molar-refractivity contribution in [1.29, 1.82) is 5.26 Å². The Morgan fingerprint density at radius 3 is 2.59 bits per heavy atom. The smallest absolute Gasteiger partial charge is 0.126 e. The van der Waals surface area contributed by atoms with Crippen molar-refractivity contribution < 1.29 is 0 Å². The van der Waals surface area contributed by atoms with Crippen LogP contribution >= 0.6 is 34.5 Å². The molecule has 86 valence electrons. The van der Waals surface area contributed by atoms with Crippen molar-refractivity contribution in [1.82, 2.24) is 4.98 Å². The van der Waals surface area contributed by atoms with Crippen molar-refractivity contribution in [2.75, 3.05) is 0 Å². The van der Waals surface area contributed by atoms with E-state index in [0.717, 1.165) is 21.1 Å². The number of rotatable bonds is 2. The van der Waals surface area contributed by atoms with E-state index in [1.54, 1.807) is 18.2 Å². The molecule has 0 unspecified atom stereocenters. The zero-order valence-electron chi connectivity index (χ0n) is 9.00. The maximum atomic E-state index is 8.71. The first-order valence-corrected chi connectivity index (χ1v) is 6.48. The summed E-state index contributed by atoms with van der Waals surface area (Å²) < 4.78 is 0. The van der Waals surface area contributed by atoms with Gasteiger partial charge in [-0.05, 0) is 19.1 Å². The Morgan fingerprint density at radius 2 is 2.00 bits per heavy atom. The third kappa shape index (κ3) is 2.44. The predicted octanol–water partition coefficient (Wildman–Crippen LogP) is 4.49. The fraction of sp³-hybridized carbons (Fsp3) is 0.167. The van der Waals surface area contributed by atoms with Crippen LogP contribution in [0.5, 0.6) is 0 Å². The van der Waals surface area contributed by atoms with Gasteiger partial charge in [0.25, 0.3) is 0 Å². The summed E-state index contributed by atoms with van der Waals surface area (Å²) in [6.07, 6.45) is 0.367. The zero-order chi connectivity index (χ0) is 12.4. The molecule has 2 nitrogen and oxygen atoms in total. The fourth-order valence-corrected chi connectivity index (χ4v) is 3.23. The molecule has 1 aromatic carbocycles. The number of aromatic nitrogens is 1. The molecular formula is C12H8Cl2N2S. The summed E-state index contributed by atoms with van der Waals surface area (Å²) in [7, 11) is 0. The van der Waals surface area contributed by atoms with Gasteiger partial charge in [-0.1, -0.05) is 29.3 Å². The summed E-state index contributed by atoms with van der Waals surface area (Å²) in [5, 5.41) is 10.6. The molecule has 0 fully saturated rings. The Hall–Kier alpha value is -1.08. The SMILES string of the molecule is Cc1nc(-c2c(Cl)cccc2Cl)sc1CC#N. The molecule has 0 aliphatic heterocycles. The van der Waals surface area contributed by atoms with Crippen LogP contribution in [0.1, 0.15) is 10.6 Å². The van der Waals surface area contributed by atoms with Gasteiger partial charge in [-0.15, -0.1) is 11.3 Å². The first-order valence-electron chi connectivity index (χ1n) is 4.91. The standard InChI is InChI=1S/C12H8Cl2N2S/c1-7-10(5-6-15)17-12(16-7)11-8(13)3-2-4-9(11)14/h2-4H,5H2,1H3. The maximum Gasteiger partial charge on any atom is 0.126 e.